The molecule has 0 saturated heterocycles. The average molecular weight is 211 g/mol. The Bertz CT molecular complexity index is 185. The van der Waals surface area contributed by atoms with Crippen LogP contribution in [0.3, 0.4) is 0 Å². The van der Waals surface area contributed by atoms with Gasteiger partial charge >= 0.3 is 0 Å². The van der Waals surface area contributed by atoms with Crippen LogP contribution in [0.1, 0.15) is 51.9 Å². The summed E-state index contributed by atoms with van der Waals surface area (Å²) in [5.41, 5.74) is 0.652. The number of hydrogen-bond donors (Lipinski definition) is 1. The standard InChI is InChI=1S/C13H25NO/c1-2-15-10-4-9-13(7-3-8-13)11-14-12-5-6-12/h12,14H,2-11H2,1H3. The Morgan fingerprint density at radius 3 is 2.67 bits per heavy atom. The van der Waals surface area contributed by atoms with Gasteiger partial charge in [0, 0.05) is 25.8 Å². The second-order valence-electron chi connectivity index (χ2n) is 5.31. The van der Waals surface area contributed by atoms with Crippen molar-refractivity contribution in [2.24, 2.45) is 5.41 Å². The molecule has 0 bridgehead atoms. The summed E-state index contributed by atoms with van der Waals surface area (Å²) in [5, 5.41) is 3.70. The minimum absolute atomic E-state index is 0.652. The second kappa shape index (κ2) is 5.31. The highest BCUT2D eigenvalue weighted by Gasteiger charge is 2.37. The summed E-state index contributed by atoms with van der Waals surface area (Å²) in [5.74, 6) is 0. The molecular formula is C13H25NO. The predicted octanol–water partition coefficient (Wildman–Crippen LogP) is 2.73. The van der Waals surface area contributed by atoms with Crippen molar-refractivity contribution < 1.29 is 4.74 Å². The lowest BCUT2D eigenvalue weighted by Crippen LogP contribution is -2.40. The van der Waals surface area contributed by atoms with Gasteiger partial charge in [0.25, 0.3) is 0 Å². The third-order valence-corrected chi connectivity index (χ3v) is 3.96. The number of rotatable bonds is 8. The average Bonchev–Trinajstić information content (AvgIpc) is 2.98. The zero-order valence-electron chi connectivity index (χ0n) is 10.1. The van der Waals surface area contributed by atoms with Crippen molar-refractivity contribution in [3.8, 4) is 0 Å². The van der Waals surface area contributed by atoms with Gasteiger partial charge in [-0.3, -0.25) is 0 Å². The first-order chi connectivity index (χ1) is 7.35. The van der Waals surface area contributed by atoms with Crippen LogP contribution in [0.5, 0.6) is 0 Å². The predicted molar refractivity (Wildman–Crippen MR) is 63.0 cm³/mol. The molecule has 2 heteroatoms. The smallest absolute Gasteiger partial charge is 0.0466 e. The minimum Gasteiger partial charge on any atom is -0.382 e. The van der Waals surface area contributed by atoms with E-state index in [1.165, 1.54) is 51.5 Å². The largest absolute Gasteiger partial charge is 0.382 e. The van der Waals surface area contributed by atoms with Crippen LogP contribution in [0.25, 0.3) is 0 Å². The minimum atomic E-state index is 0.652. The second-order valence-corrected chi connectivity index (χ2v) is 5.31. The fraction of sp³-hybridized carbons (Fsp3) is 1.00. The monoisotopic (exact) mass is 211 g/mol. The maximum absolute atomic E-state index is 5.42. The van der Waals surface area contributed by atoms with Crippen molar-refractivity contribution in [3.05, 3.63) is 0 Å². The summed E-state index contributed by atoms with van der Waals surface area (Å²) in [6.07, 6.45) is 9.77. The van der Waals surface area contributed by atoms with E-state index in [4.69, 9.17) is 4.74 Å². The van der Waals surface area contributed by atoms with Gasteiger partial charge in [0.15, 0.2) is 0 Å². The number of hydrogen-bond acceptors (Lipinski definition) is 2. The van der Waals surface area contributed by atoms with Gasteiger partial charge < -0.3 is 10.1 Å². The molecule has 0 aromatic rings. The topological polar surface area (TPSA) is 21.3 Å². The molecule has 0 unspecified atom stereocenters. The number of nitrogens with one attached hydrogen (secondary N) is 1. The van der Waals surface area contributed by atoms with Gasteiger partial charge in [-0.2, -0.15) is 0 Å². The molecule has 0 radical (unpaired) electrons. The van der Waals surface area contributed by atoms with Crippen LogP contribution in [0.4, 0.5) is 0 Å². The van der Waals surface area contributed by atoms with Crippen molar-refractivity contribution >= 4 is 0 Å². The van der Waals surface area contributed by atoms with E-state index in [0.29, 0.717) is 5.41 Å². The normalized spacial score (nSPS) is 23.8. The molecule has 2 aliphatic carbocycles. The first-order valence-electron chi connectivity index (χ1n) is 6.66. The molecule has 2 rings (SSSR count). The maximum Gasteiger partial charge on any atom is 0.0466 e. The van der Waals surface area contributed by atoms with Gasteiger partial charge in [-0.15, -0.1) is 0 Å². The first kappa shape index (κ1) is 11.4. The Balaban J connectivity index is 1.60. The van der Waals surface area contributed by atoms with E-state index >= 15 is 0 Å². The molecular weight excluding hydrogens is 186 g/mol. The molecule has 0 atom stereocenters. The summed E-state index contributed by atoms with van der Waals surface area (Å²) in [6.45, 7) is 5.17. The molecule has 2 nitrogen and oxygen atoms in total. The van der Waals surface area contributed by atoms with E-state index in [-0.39, 0.29) is 0 Å². The quantitative estimate of drug-likeness (QED) is 0.623. The molecule has 15 heavy (non-hydrogen) atoms. The highest BCUT2D eigenvalue weighted by atomic mass is 16.5. The van der Waals surface area contributed by atoms with Crippen LogP contribution < -0.4 is 5.32 Å². The van der Waals surface area contributed by atoms with Crippen LogP contribution in [-0.2, 0) is 4.74 Å². The fourth-order valence-electron chi connectivity index (χ4n) is 2.53. The zero-order valence-corrected chi connectivity index (χ0v) is 10.1. The first-order valence-corrected chi connectivity index (χ1v) is 6.66. The molecule has 0 amide bonds. The molecule has 0 heterocycles. The van der Waals surface area contributed by atoms with E-state index < -0.39 is 0 Å². The highest BCUT2D eigenvalue weighted by Crippen LogP contribution is 2.44. The Morgan fingerprint density at radius 2 is 2.13 bits per heavy atom. The molecule has 88 valence electrons. The van der Waals surface area contributed by atoms with Crippen molar-refractivity contribution in [1.29, 1.82) is 0 Å². The van der Waals surface area contributed by atoms with Crippen molar-refractivity contribution in [3.63, 3.8) is 0 Å². The Kier molecular flexibility index (Phi) is 4.04. The molecule has 2 aliphatic rings. The van der Waals surface area contributed by atoms with E-state index in [1.807, 2.05) is 0 Å². The van der Waals surface area contributed by atoms with Crippen molar-refractivity contribution in [2.75, 3.05) is 19.8 Å². The molecule has 0 spiro atoms. The third kappa shape index (κ3) is 3.46. The Hall–Kier alpha value is -0.0800. The van der Waals surface area contributed by atoms with Gasteiger partial charge in [0.1, 0.15) is 0 Å². The Morgan fingerprint density at radius 1 is 1.33 bits per heavy atom. The van der Waals surface area contributed by atoms with E-state index in [0.717, 1.165) is 19.3 Å². The van der Waals surface area contributed by atoms with E-state index in [9.17, 15) is 0 Å². The zero-order chi connectivity index (χ0) is 10.6. The van der Waals surface area contributed by atoms with Crippen LogP contribution in [0.15, 0.2) is 0 Å². The SMILES string of the molecule is CCOCCCC1(CNC2CC2)CCC1. The Labute approximate surface area is 93.8 Å². The molecule has 0 aliphatic heterocycles. The maximum atomic E-state index is 5.42. The van der Waals surface area contributed by atoms with Gasteiger partial charge in [0.2, 0.25) is 0 Å². The lowest BCUT2D eigenvalue weighted by Gasteiger charge is -2.42. The lowest BCUT2D eigenvalue weighted by molar-refractivity contribution is 0.0835. The summed E-state index contributed by atoms with van der Waals surface area (Å²) >= 11 is 0. The van der Waals surface area contributed by atoms with Crippen LogP contribution in [0.2, 0.25) is 0 Å². The molecule has 2 fully saturated rings. The van der Waals surface area contributed by atoms with Crippen LogP contribution >= 0.6 is 0 Å². The molecule has 0 aromatic heterocycles. The third-order valence-electron chi connectivity index (χ3n) is 3.96. The van der Waals surface area contributed by atoms with Crippen molar-refractivity contribution in [2.45, 2.75) is 57.9 Å². The van der Waals surface area contributed by atoms with E-state index in [1.54, 1.807) is 0 Å². The molecule has 0 aromatic carbocycles. The summed E-state index contributed by atoms with van der Waals surface area (Å²) in [7, 11) is 0. The summed E-state index contributed by atoms with van der Waals surface area (Å²) < 4.78 is 5.42. The molecule has 2 saturated carbocycles. The summed E-state index contributed by atoms with van der Waals surface area (Å²) in [6, 6.07) is 0.870. The van der Waals surface area contributed by atoms with Gasteiger partial charge in [0.05, 0.1) is 0 Å². The van der Waals surface area contributed by atoms with Gasteiger partial charge in [-0.25, -0.2) is 0 Å². The van der Waals surface area contributed by atoms with Crippen LogP contribution in [-0.4, -0.2) is 25.8 Å². The molecule has 1 N–H and O–H groups in total. The van der Waals surface area contributed by atoms with Crippen molar-refractivity contribution in [1.82, 2.24) is 5.32 Å². The van der Waals surface area contributed by atoms with E-state index in [2.05, 4.69) is 12.2 Å². The van der Waals surface area contributed by atoms with Gasteiger partial charge in [-0.1, -0.05) is 6.42 Å². The highest BCUT2D eigenvalue weighted by molar-refractivity contribution is 4.92. The fourth-order valence-corrected chi connectivity index (χ4v) is 2.53. The summed E-state index contributed by atoms with van der Waals surface area (Å²) in [4.78, 5) is 0. The number of ether oxygens (including phenoxy) is 1. The lowest BCUT2D eigenvalue weighted by atomic mass is 9.66. The van der Waals surface area contributed by atoms with Crippen LogP contribution in [0, 0.1) is 5.41 Å². The van der Waals surface area contributed by atoms with Gasteiger partial charge in [-0.05, 0) is 50.9 Å².